The maximum Gasteiger partial charge on any atom is 0.0928 e. The van der Waals surface area contributed by atoms with Crippen LogP contribution in [0.2, 0.25) is 0 Å². The van der Waals surface area contributed by atoms with Gasteiger partial charge in [0.2, 0.25) is 0 Å². The number of ether oxygens (including phenoxy) is 1. The van der Waals surface area contributed by atoms with E-state index in [1.807, 2.05) is 7.11 Å². The van der Waals surface area contributed by atoms with Crippen molar-refractivity contribution >= 4 is 0 Å². The summed E-state index contributed by atoms with van der Waals surface area (Å²) in [4.78, 5) is 2.43. The van der Waals surface area contributed by atoms with E-state index in [1.165, 1.54) is 32.4 Å². The van der Waals surface area contributed by atoms with E-state index in [-0.39, 0.29) is 5.60 Å². The minimum atomic E-state index is 0.181. The van der Waals surface area contributed by atoms with Crippen LogP contribution in [0.5, 0.6) is 0 Å². The van der Waals surface area contributed by atoms with E-state index in [1.54, 1.807) is 0 Å². The van der Waals surface area contributed by atoms with Crippen molar-refractivity contribution in [3.05, 3.63) is 0 Å². The summed E-state index contributed by atoms with van der Waals surface area (Å²) in [6, 6.07) is 0. The molecule has 2 heterocycles. The van der Waals surface area contributed by atoms with Crippen molar-refractivity contribution in [2.45, 2.75) is 24.9 Å². The van der Waals surface area contributed by atoms with Crippen molar-refractivity contribution in [3.63, 3.8) is 0 Å². The number of piperidine rings is 1. The topological polar surface area (TPSA) is 24.5 Å². The van der Waals surface area contributed by atoms with Crippen LogP contribution in [0.1, 0.15) is 19.3 Å². The molecular formula is C11H22N2O. The van der Waals surface area contributed by atoms with Crippen LogP contribution in [-0.2, 0) is 4.74 Å². The van der Waals surface area contributed by atoms with Gasteiger partial charge in [-0.25, -0.2) is 0 Å². The summed E-state index contributed by atoms with van der Waals surface area (Å²) in [7, 11) is 4.07. The zero-order valence-corrected chi connectivity index (χ0v) is 9.38. The van der Waals surface area contributed by atoms with E-state index < -0.39 is 0 Å². The standard InChI is InChI=1S/C11H22N2O/c1-13-5-3-10(4-6-13)7-11(14-2)8-12-9-11/h10,12H,3-9H2,1-2H3. The van der Waals surface area contributed by atoms with Crippen molar-refractivity contribution in [2.24, 2.45) is 5.92 Å². The number of likely N-dealkylation sites (tertiary alicyclic amines) is 1. The SMILES string of the molecule is COC1(CC2CCN(C)CC2)CNC1. The summed E-state index contributed by atoms with van der Waals surface area (Å²) < 4.78 is 5.63. The Morgan fingerprint density at radius 1 is 1.36 bits per heavy atom. The molecule has 2 fully saturated rings. The molecule has 3 heteroatoms. The van der Waals surface area contributed by atoms with Gasteiger partial charge in [-0.1, -0.05) is 0 Å². The predicted octanol–water partition coefficient (Wildman–Crippen LogP) is 0.707. The second-order valence-electron chi connectivity index (χ2n) is 4.94. The Kier molecular flexibility index (Phi) is 3.10. The minimum absolute atomic E-state index is 0.181. The molecule has 0 unspecified atom stereocenters. The second-order valence-corrected chi connectivity index (χ2v) is 4.94. The molecule has 14 heavy (non-hydrogen) atoms. The third-order valence-corrected chi connectivity index (χ3v) is 3.83. The zero-order chi connectivity index (χ0) is 10.0. The Labute approximate surface area is 86.8 Å². The molecule has 2 saturated heterocycles. The van der Waals surface area contributed by atoms with E-state index in [2.05, 4.69) is 17.3 Å². The van der Waals surface area contributed by atoms with Gasteiger partial charge in [-0.2, -0.15) is 0 Å². The highest BCUT2D eigenvalue weighted by Gasteiger charge is 2.39. The van der Waals surface area contributed by atoms with E-state index in [0.29, 0.717) is 0 Å². The highest BCUT2D eigenvalue weighted by Crippen LogP contribution is 2.30. The number of methoxy groups -OCH3 is 1. The fraction of sp³-hybridized carbons (Fsp3) is 1.00. The Bertz CT molecular complexity index is 178. The van der Waals surface area contributed by atoms with Crippen molar-refractivity contribution in [3.8, 4) is 0 Å². The molecule has 0 spiro atoms. The van der Waals surface area contributed by atoms with Crippen LogP contribution in [-0.4, -0.2) is 50.8 Å². The molecule has 0 bridgehead atoms. The number of nitrogens with one attached hydrogen (secondary N) is 1. The highest BCUT2D eigenvalue weighted by molar-refractivity contribution is 4.96. The predicted molar refractivity (Wildman–Crippen MR) is 57.4 cm³/mol. The van der Waals surface area contributed by atoms with E-state index in [9.17, 15) is 0 Å². The molecule has 0 aliphatic carbocycles. The molecular weight excluding hydrogens is 176 g/mol. The first kappa shape index (κ1) is 10.4. The lowest BCUT2D eigenvalue weighted by molar-refractivity contribution is -0.0719. The van der Waals surface area contributed by atoms with Crippen molar-refractivity contribution in [1.82, 2.24) is 10.2 Å². The fourth-order valence-corrected chi connectivity index (χ4v) is 2.57. The largest absolute Gasteiger partial charge is 0.376 e. The molecule has 0 aromatic heterocycles. The van der Waals surface area contributed by atoms with Crippen molar-refractivity contribution < 1.29 is 4.74 Å². The molecule has 0 saturated carbocycles. The number of hydrogen-bond donors (Lipinski definition) is 1. The van der Waals surface area contributed by atoms with Gasteiger partial charge < -0.3 is 15.0 Å². The van der Waals surface area contributed by atoms with Gasteiger partial charge in [0.15, 0.2) is 0 Å². The van der Waals surface area contributed by atoms with E-state index in [0.717, 1.165) is 19.0 Å². The monoisotopic (exact) mass is 198 g/mol. The van der Waals surface area contributed by atoms with Crippen molar-refractivity contribution in [2.75, 3.05) is 40.3 Å². The van der Waals surface area contributed by atoms with Crippen LogP contribution in [0.25, 0.3) is 0 Å². The molecule has 0 aromatic carbocycles. The van der Waals surface area contributed by atoms with E-state index >= 15 is 0 Å². The maximum atomic E-state index is 5.63. The van der Waals surface area contributed by atoms with Gasteiger partial charge in [-0.15, -0.1) is 0 Å². The first-order valence-corrected chi connectivity index (χ1v) is 5.68. The van der Waals surface area contributed by atoms with Crippen molar-refractivity contribution in [1.29, 1.82) is 0 Å². The Morgan fingerprint density at radius 3 is 2.43 bits per heavy atom. The Balaban J connectivity index is 1.79. The van der Waals surface area contributed by atoms with Gasteiger partial charge in [0.05, 0.1) is 5.60 Å². The molecule has 3 nitrogen and oxygen atoms in total. The van der Waals surface area contributed by atoms with Crippen LogP contribution < -0.4 is 5.32 Å². The molecule has 0 amide bonds. The van der Waals surface area contributed by atoms with Crippen LogP contribution >= 0.6 is 0 Å². The maximum absolute atomic E-state index is 5.63. The Morgan fingerprint density at radius 2 is 2.00 bits per heavy atom. The quantitative estimate of drug-likeness (QED) is 0.723. The molecule has 0 atom stereocenters. The number of rotatable bonds is 3. The molecule has 0 radical (unpaired) electrons. The summed E-state index contributed by atoms with van der Waals surface area (Å²) >= 11 is 0. The first-order valence-electron chi connectivity index (χ1n) is 5.68. The second kappa shape index (κ2) is 4.17. The molecule has 2 rings (SSSR count). The van der Waals surface area contributed by atoms with Crippen LogP contribution in [0.15, 0.2) is 0 Å². The van der Waals surface area contributed by atoms with Crippen LogP contribution in [0.4, 0.5) is 0 Å². The lowest BCUT2D eigenvalue weighted by atomic mass is 9.81. The summed E-state index contributed by atoms with van der Waals surface area (Å²) in [5, 5.41) is 3.32. The van der Waals surface area contributed by atoms with Gasteiger partial charge in [-0.3, -0.25) is 0 Å². The summed E-state index contributed by atoms with van der Waals surface area (Å²) in [6.07, 6.45) is 3.95. The molecule has 0 aromatic rings. The Hall–Kier alpha value is -0.120. The summed E-state index contributed by atoms with van der Waals surface area (Å²) in [6.45, 7) is 4.63. The molecule has 1 N–H and O–H groups in total. The fourth-order valence-electron chi connectivity index (χ4n) is 2.57. The average Bonchev–Trinajstić information content (AvgIpc) is 2.15. The summed E-state index contributed by atoms with van der Waals surface area (Å²) in [5.74, 6) is 0.883. The van der Waals surface area contributed by atoms with Gasteiger partial charge in [0.25, 0.3) is 0 Å². The summed E-state index contributed by atoms with van der Waals surface area (Å²) in [5.41, 5.74) is 0.181. The van der Waals surface area contributed by atoms with Crippen LogP contribution in [0.3, 0.4) is 0 Å². The third kappa shape index (κ3) is 2.10. The third-order valence-electron chi connectivity index (χ3n) is 3.83. The van der Waals surface area contributed by atoms with Gasteiger partial charge in [-0.05, 0) is 45.3 Å². The zero-order valence-electron chi connectivity index (χ0n) is 9.38. The molecule has 2 aliphatic heterocycles. The van der Waals surface area contributed by atoms with Gasteiger partial charge in [0.1, 0.15) is 0 Å². The van der Waals surface area contributed by atoms with Crippen LogP contribution in [0, 0.1) is 5.92 Å². The number of hydrogen-bond acceptors (Lipinski definition) is 3. The van der Waals surface area contributed by atoms with Gasteiger partial charge in [0, 0.05) is 20.2 Å². The minimum Gasteiger partial charge on any atom is -0.376 e. The smallest absolute Gasteiger partial charge is 0.0928 e. The average molecular weight is 198 g/mol. The number of nitrogens with zero attached hydrogens (tertiary/aromatic N) is 1. The van der Waals surface area contributed by atoms with E-state index in [4.69, 9.17) is 4.74 Å². The molecule has 82 valence electrons. The first-order chi connectivity index (χ1) is 6.74. The lowest BCUT2D eigenvalue weighted by Crippen LogP contribution is -2.61. The van der Waals surface area contributed by atoms with Gasteiger partial charge >= 0.3 is 0 Å². The normalized spacial score (nSPS) is 28.7. The highest BCUT2D eigenvalue weighted by atomic mass is 16.5. The molecule has 2 aliphatic rings. The lowest BCUT2D eigenvalue weighted by Gasteiger charge is -2.44.